The van der Waals surface area contributed by atoms with Crippen LogP contribution in [0.15, 0.2) is 55.2 Å². The summed E-state index contributed by atoms with van der Waals surface area (Å²) in [5, 5.41) is 9.16. The Kier molecular flexibility index (Phi) is 4.89. The zero-order valence-electron chi connectivity index (χ0n) is 20.2. The van der Waals surface area contributed by atoms with Crippen molar-refractivity contribution in [2.24, 2.45) is 0 Å². The van der Waals surface area contributed by atoms with Crippen molar-refractivity contribution in [3.05, 3.63) is 83.1 Å². The van der Waals surface area contributed by atoms with Crippen molar-refractivity contribution < 1.29 is 4.79 Å². The molecule has 5 aromatic rings. The fourth-order valence-electron chi connectivity index (χ4n) is 5.74. The van der Waals surface area contributed by atoms with Gasteiger partial charge in [0.1, 0.15) is 11.2 Å². The number of hydrogen-bond acceptors (Lipinski definition) is 5. The van der Waals surface area contributed by atoms with Crippen molar-refractivity contribution in [3.8, 4) is 11.1 Å². The van der Waals surface area contributed by atoms with E-state index in [0.717, 1.165) is 42.4 Å². The van der Waals surface area contributed by atoms with Gasteiger partial charge in [0, 0.05) is 54.9 Å². The Morgan fingerprint density at radius 2 is 2.08 bits per heavy atom. The molecule has 0 aliphatic carbocycles. The topological polar surface area (TPSA) is 91.2 Å². The van der Waals surface area contributed by atoms with Crippen LogP contribution in [0.5, 0.6) is 0 Å². The van der Waals surface area contributed by atoms with E-state index in [0.29, 0.717) is 30.3 Å². The normalized spacial score (nSPS) is 17.7. The van der Waals surface area contributed by atoms with Crippen LogP contribution in [0.1, 0.15) is 51.5 Å². The van der Waals surface area contributed by atoms with Gasteiger partial charge in [0.15, 0.2) is 5.65 Å². The third-order valence-corrected chi connectivity index (χ3v) is 7.68. The molecule has 1 fully saturated rings. The molecule has 2 N–H and O–H groups in total. The molecule has 0 radical (unpaired) electrons. The van der Waals surface area contributed by atoms with Gasteiger partial charge in [-0.2, -0.15) is 5.10 Å². The molecule has 2 aliphatic rings. The van der Waals surface area contributed by atoms with E-state index in [-0.39, 0.29) is 5.91 Å². The summed E-state index contributed by atoms with van der Waals surface area (Å²) in [5.41, 5.74) is 9.50. The molecule has 36 heavy (non-hydrogen) atoms. The molecule has 0 saturated carbocycles. The molecule has 180 valence electrons. The third kappa shape index (κ3) is 3.40. The van der Waals surface area contributed by atoms with E-state index in [1.165, 1.54) is 27.8 Å². The molecule has 8 heteroatoms. The smallest absolute Gasteiger partial charge is 0.259 e. The van der Waals surface area contributed by atoms with Crippen LogP contribution in [0.4, 0.5) is 0 Å². The maximum Gasteiger partial charge on any atom is 0.259 e. The first-order chi connectivity index (χ1) is 17.7. The number of H-pyrrole nitrogens is 1. The minimum atomic E-state index is -0.0126. The number of fused-ring (bicyclic) bond motifs is 3. The van der Waals surface area contributed by atoms with Crippen LogP contribution in [0.2, 0.25) is 0 Å². The average molecular weight is 478 g/mol. The largest absolute Gasteiger partial charge is 0.346 e. The Hall–Kier alpha value is -4.04. The molecule has 6 heterocycles. The summed E-state index contributed by atoms with van der Waals surface area (Å²) in [6.07, 6.45) is 12.2. The Morgan fingerprint density at radius 3 is 2.97 bits per heavy atom. The van der Waals surface area contributed by atoms with Gasteiger partial charge in [-0.15, -0.1) is 0 Å². The van der Waals surface area contributed by atoms with Gasteiger partial charge < -0.3 is 15.2 Å². The standard InChI is InChI=1S/C28H27N7O/c1-17-13-31-26-21(17)12-20(14-32-26)19-10-18-5-9-34(16-24(18)22(11-19)25-4-2-6-29-25)28(36)23-15-33-35-8-3-7-30-27(23)35/h3,7-8,10-15,25,29H,2,4-6,9,16H2,1H3,(H,31,32). The van der Waals surface area contributed by atoms with E-state index < -0.39 is 0 Å². The molecule has 1 amide bonds. The summed E-state index contributed by atoms with van der Waals surface area (Å²) in [4.78, 5) is 27.8. The fraction of sp³-hybridized carbons (Fsp3) is 0.286. The first-order valence-corrected chi connectivity index (χ1v) is 12.6. The van der Waals surface area contributed by atoms with Crippen LogP contribution in [-0.4, -0.2) is 48.5 Å². The molecular formula is C28H27N7O. The lowest BCUT2D eigenvalue weighted by molar-refractivity contribution is 0.0735. The highest BCUT2D eigenvalue weighted by atomic mass is 16.2. The highest BCUT2D eigenvalue weighted by molar-refractivity contribution is 5.99. The molecule has 7 rings (SSSR count). The lowest BCUT2D eigenvalue weighted by Gasteiger charge is -2.32. The van der Waals surface area contributed by atoms with Gasteiger partial charge in [-0.1, -0.05) is 6.07 Å². The summed E-state index contributed by atoms with van der Waals surface area (Å²) in [5.74, 6) is -0.0126. The van der Waals surface area contributed by atoms with Crippen LogP contribution in [-0.2, 0) is 13.0 Å². The summed E-state index contributed by atoms with van der Waals surface area (Å²) in [6, 6.07) is 8.97. The molecule has 1 saturated heterocycles. The number of rotatable bonds is 3. The second kappa shape index (κ2) is 8.27. The summed E-state index contributed by atoms with van der Waals surface area (Å²) in [7, 11) is 0. The van der Waals surface area contributed by atoms with Crippen LogP contribution in [0.25, 0.3) is 27.8 Å². The summed E-state index contributed by atoms with van der Waals surface area (Å²) < 4.78 is 1.66. The number of amides is 1. The molecule has 1 aromatic carbocycles. The predicted molar refractivity (Wildman–Crippen MR) is 138 cm³/mol. The highest BCUT2D eigenvalue weighted by Crippen LogP contribution is 2.36. The number of aromatic nitrogens is 5. The summed E-state index contributed by atoms with van der Waals surface area (Å²) >= 11 is 0. The lowest BCUT2D eigenvalue weighted by atomic mass is 9.87. The van der Waals surface area contributed by atoms with Crippen molar-refractivity contribution in [3.63, 3.8) is 0 Å². The lowest BCUT2D eigenvalue weighted by Crippen LogP contribution is -2.37. The number of aryl methyl sites for hydroxylation is 1. The molecule has 2 aliphatic heterocycles. The van der Waals surface area contributed by atoms with Gasteiger partial charge in [0.2, 0.25) is 0 Å². The van der Waals surface area contributed by atoms with Crippen LogP contribution < -0.4 is 5.32 Å². The molecule has 8 nitrogen and oxygen atoms in total. The van der Waals surface area contributed by atoms with E-state index in [4.69, 9.17) is 0 Å². The Bertz CT molecular complexity index is 1630. The van der Waals surface area contributed by atoms with Crippen molar-refractivity contribution in [2.75, 3.05) is 13.1 Å². The summed E-state index contributed by atoms with van der Waals surface area (Å²) in [6.45, 7) is 4.40. The number of pyridine rings is 1. The zero-order valence-corrected chi connectivity index (χ0v) is 20.2. The predicted octanol–water partition coefficient (Wildman–Crippen LogP) is 4.20. The second-order valence-corrected chi connectivity index (χ2v) is 9.87. The van der Waals surface area contributed by atoms with Crippen LogP contribution in [0.3, 0.4) is 0 Å². The Balaban J connectivity index is 1.28. The van der Waals surface area contributed by atoms with E-state index in [2.05, 4.69) is 50.5 Å². The van der Waals surface area contributed by atoms with Crippen molar-refractivity contribution in [1.29, 1.82) is 0 Å². The SMILES string of the molecule is Cc1c[nH]c2ncc(-c3cc4c(c(C5CCCN5)c3)CN(C(=O)c3cnn5cccnc35)CC4)cc12. The Morgan fingerprint density at radius 1 is 1.14 bits per heavy atom. The zero-order chi connectivity index (χ0) is 24.2. The molecule has 1 unspecified atom stereocenters. The van der Waals surface area contributed by atoms with E-state index in [9.17, 15) is 4.79 Å². The number of nitrogens with zero attached hydrogens (tertiary/aromatic N) is 5. The number of carbonyl (C=O) groups excluding carboxylic acids is 1. The van der Waals surface area contributed by atoms with Crippen LogP contribution >= 0.6 is 0 Å². The quantitative estimate of drug-likeness (QED) is 0.406. The maximum absolute atomic E-state index is 13.5. The van der Waals surface area contributed by atoms with Crippen molar-refractivity contribution >= 4 is 22.6 Å². The fourth-order valence-corrected chi connectivity index (χ4v) is 5.74. The maximum atomic E-state index is 13.5. The minimum absolute atomic E-state index is 0.0126. The van der Waals surface area contributed by atoms with Crippen molar-refractivity contribution in [1.82, 2.24) is 34.8 Å². The van der Waals surface area contributed by atoms with Gasteiger partial charge in [-0.05, 0) is 78.7 Å². The van der Waals surface area contributed by atoms with E-state index >= 15 is 0 Å². The molecule has 0 spiro atoms. The van der Waals surface area contributed by atoms with E-state index in [1.807, 2.05) is 29.6 Å². The number of benzene rings is 1. The third-order valence-electron chi connectivity index (χ3n) is 7.68. The highest BCUT2D eigenvalue weighted by Gasteiger charge is 2.29. The van der Waals surface area contributed by atoms with Gasteiger partial charge in [0.25, 0.3) is 5.91 Å². The van der Waals surface area contributed by atoms with Crippen LogP contribution in [0, 0.1) is 6.92 Å². The molecule has 4 aromatic heterocycles. The first-order valence-electron chi connectivity index (χ1n) is 12.6. The number of carbonyl (C=O) groups is 1. The average Bonchev–Trinajstić information content (AvgIpc) is 3.68. The van der Waals surface area contributed by atoms with Gasteiger partial charge in [-0.25, -0.2) is 14.5 Å². The molecule has 0 bridgehead atoms. The van der Waals surface area contributed by atoms with Crippen molar-refractivity contribution in [2.45, 2.75) is 38.8 Å². The number of nitrogens with one attached hydrogen (secondary N) is 2. The molecular weight excluding hydrogens is 450 g/mol. The minimum Gasteiger partial charge on any atom is -0.346 e. The Labute approximate surface area is 208 Å². The van der Waals surface area contributed by atoms with Gasteiger partial charge in [-0.3, -0.25) is 4.79 Å². The monoisotopic (exact) mass is 477 g/mol. The molecule has 1 atom stereocenters. The van der Waals surface area contributed by atoms with Gasteiger partial charge in [0.05, 0.1) is 6.20 Å². The first kappa shape index (κ1) is 21.3. The second-order valence-electron chi connectivity index (χ2n) is 9.87. The number of hydrogen-bond donors (Lipinski definition) is 2. The number of aromatic amines is 1. The van der Waals surface area contributed by atoms with E-state index in [1.54, 1.807) is 16.9 Å². The van der Waals surface area contributed by atoms with Gasteiger partial charge >= 0.3 is 0 Å².